The third kappa shape index (κ3) is 6.17. The van der Waals surface area contributed by atoms with Crippen LogP contribution in [0.1, 0.15) is 23.7 Å². The predicted octanol–water partition coefficient (Wildman–Crippen LogP) is 3.84. The maximum absolute atomic E-state index is 12.0. The standard InChI is InChI=1S/C23H25ClN2O3.ClH/c24-20-10-4-8-18(14-20)21(27)16-25-12-13-26-23(22(28)29)11-5-9-19(15-23)17-6-2-1-3-7-17;/h1-11,14,21,25-27H,12-13,15-16H2,(H,28,29);1H. The van der Waals surface area contributed by atoms with Crippen LogP contribution in [0.4, 0.5) is 0 Å². The quantitative estimate of drug-likeness (QED) is 0.438. The highest BCUT2D eigenvalue weighted by molar-refractivity contribution is 6.30. The molecule has 0 amide bonds. The first-order chi connectivity index (χ1) is 14.0. The topological polar surface area (TPSA) is 81.6 Å². The number of aliphatic hydroxyl groups is 1. The number of hydrogen-bond donors (Lipinski definition) is 4. The van der Waals surface area contributed by atoms with Gasteiger partial charge in [-0.3, -0.25) is 5.32 Å². The van der Waals surface area contributed by atoms with Gasteiger partial charge in [-0.2, -0.15) is 0 Å². The van der Waals surface area contributed by atoms with Crippen LogP contribution < -0.4 is 10.6 Å². The fourth-order valence-electron chi connectivity index (χ4n) is 3.39. The molecular formula is C23H26Cl2N2O3. The molecule has 2 aromatic carbocycles. The number of aliphatic carboxylic acids is 1. The van der Waals surface area contributed by atoms with Crippen molar-refractivity contribution >= 4 is 35.6 Å². The number of hydrogen-bond acceptors (Lipinski definition) is 4. The zero-order valence-electron chi connectivity index (χ0n) is 16.4. The van der Waals surface area contributed by atoms with Gasteiger partial charge in [0.25, 0.3) is 0 Å². The summed E-state index contributed by atoms with van der Waals surface area (Å²) in [6, 6.07) is 16.9. The van der Waals surface area contributed by atoms with Crippen molar-refractivity contribution in [3.05, 3.63) is 89.0 Å². The van der Waals surface area contributed by atoms with Gasteiger partial charge in [-0.25, -0.2) is 4.79 Å². The lowest BCUT2D eigenvalue weighted by Gasteiger charge is -2.31. The van der Waals surface area contributed by atoms with Crippen LogP contribution in [0.15, 0.2) is 72.8 Å². The molecule has 2 aromatic rings. The molecule has 0 bridgehead atoms. The number of benzene rings is 2. The summed E-state index contributed by atoms with van der Waals surface area (Å²) >= 11 is 5.95. The van der Waals surface area contributed by atoms with Crippen molar-refractivity contribution in [3.63, 3.8) is 0 Å². The second kappa shape index (κ2) is 11.3. The van der Waals surface area contributed by atoms with Crippen molar-refractivity contribution in [2.24, 2.45) is 0 Å². The van der Waals surface area contributed by atoms with Crippen molar-refractivity contribution in [1.29, 1.82) is 0 Å². The number of halogens is 2. The lowest BCUT2D eigenvalue weighted by atomic mass is 9.83. The fourth-order valence-corrected chi connectivity index (χ4v) is 3.58. The molecule has 160 valence electrons. The number of carboxylic acid groups (broad SMARTS) is 1. The molecule has 30 heavy (non-hydrogen) atoms. The van der Waals surface area contributed by atoms with E-state index in [-0.39, 0.29) is 12.4 Å². The number of allylic oxidation sites excluding steroid dienone is 2. The Morgan fingerprint density at radius 2 is 1.90 bits per heavy atom. The molecule has 0 spiro atoms. The molecule has 0 heterocycles. The molecule has 0 saturated carbocycles. The van der Waals surface area contributed by atoms with Gasteiger partial charge in [0.15, 0.2) is 0 Å². The van der Waals surface area contributed by atoms with Crippen LogP contribution in [0.5, 0.6) is 0 Å². The maximum Gasteiger partial charge on any atom is 0.328 e. The summed E-state index contributed by atoms with van der Waals surface area (Å²) in [5.74, 6) is -0.908. The zero-order chi connectivity index (χ0) is 20.7. The average molecular weight is 449 g/mol. The normalized spacial score (nSPS) is 18.9. The van der Waals surface area contributed by atoms with E-state index >= 15 is 0 Å². The summed E-state index contributed by atoms with van der Waals surface area (Å²) in [7, 11) is 0. The first-order valence-electron chi connectivity index (χ1n) is 9.57. The molecule has 0 fully saturated rings. The fraction of sp³-hybridized carbons (Fsp3) is 0.261. The number of carboxylic acids is 1. The molecule has 1 aliphatic carbocycles. The van der Waals surface area contributed by atoms with Gasteiger partial charge in [-0.1, -0.05) is 72.3 Å². The van der Waals surface area contributed by atoms with Crippen LogP contribution in [-0.4, -0.2) is 41.4 Å². The Kier molecular flexibility index (Phi) is 9.08. The minimum absolute atomic E-state index is 0. The van der Waals surface area contributed by atoms with E-state index in [1.54, 1.807) is 30.4 Å². The molecule has 0 aliphatic heterocycles. The Bertz CT molecular complexity index is 902. The van der Waals surface area contributed by atoms with Crippen molar-refractivity contribution in [3.8, 4) is 0 Å². The van der Waals surface area contributed by atoms with Gasteiger partial charge in [-0.05, 0) is 28.8 Å². The minimum Gasteiger partial charge on any atom is -0.480 e. The van der Waals surface area contributed by atoms with Gasteiger partial charge in [-0.15, -0.1) is 12.4 Å². The molecule has 2 atom stereocenters. The van der Waals surface area contributed by atoms with Crippen molar-refractivity contribution in [2.45, 2.75) is 18.1 Å². The first-order valence-corrected chi connectivity index (χ1v) is 9.94. The number of carbonyl (C=O) groups is 1. The molecule has 7 heteroatoms. The van der Waals surface area contributed by atoms with Crippen molar-refractivity contribution in [2.75, 3.05) is 19.6 Å². The molecule has 3 rings (SSSR count). The van der Waals surface area contributed by atoms with Crippen molar-refractivity contribution in [1.82, 2.24) is 10.6 Å². The van der Waals surface area contributed by atoms with E-state index in [1.165, 1.54) is 0 Å². The summed E-state index contributed by atoms with van der Waals surface area (Å²) in [4.78, 5) is 12.0. The summed E-state index contributed by atoms with van der Waals surface area (Å²) in [6.07, 6.45) is 5.14. The highest BCUT2D eigenvalue weighted by Crippen LogP contribution is 2.30. The Morgan fingerprint density at radius 3 is 2.60 bits per heavy atom. The second-order valence-electron chi connectivity index (χ2n) is 7.07. The molecule has 4 N–H and O–H groups in total. The lowest BCUT2D eigenvalue weighted by Crippen LogP contribution is -2.53. The summed E-state index contributed by atoms with van der Waals surface area (Å²) in [5, 5.41) is 27.0. The van der Waals surface area contributed by atoms with Gasteiger partial charge >= 0.3 is 5.97 Å². The summed E-state index contributed by atoms with van der Waals surface area (Å²) in [5.41, 5.74) is 1.60. The average Bonchev–Trinajstić information content (AvgIpc) is 2.74. The Balaban J connectivity index is 0.00000320. The monoisotopic (exact) mass is 448 g/mol. The van der Waals surface area contributed by atoms with Crippen LogP contribution >= 0.6 is 24.0 Å². The van der Waals surface area contributed by atoms with Crippen LogP contribution in [0.2, 0.25) is 5.02 Å². The van der Waals surface area contributed by atoms with Crippen LogP contribution in [0, 0.1) is 0 Å². The van der Waals surface area contributed by atoms with E-state index in [1.807, 2.05) is 42.5 Å². The number of aliphatic hydroxyl groups excluding tert-OH is 1. The summed E-state index contributed by atoms with van der Waals surface area (Å²) in [6.45, 7) is 1.32. The van der Waals surface area contributed by atoms with Gasteiger partial charge < -0.3 is 15.5 Å². The van der Waals surface area contributed by atoms with E-state index in [4.69, 9.17) is 11.6 Å². The Morgan fingerprint density at radius 1 is 1.13 bits per heavy atom. The molecule has 0 radical (unpaired) electrons. The summed E-state index contributed by atoms with van der Waals surface area (Å²) < 4.78 is 0. The van der Waals surface area contributed by atoms with Gasteiger partial charge in [0, 0.05) is 31.1 Å². The van der Waals surface area contributed by atoms with Gasteiger partial charge in [0.05, 0.1) is 6.10 Å². The van der Waals surface area contributed by atoms with E-state index in [0.29, 0.717) is 31.1 Å². The highest BCUT2D eigenvalue weighted by Gasteiger charge is 2.37. The minimum atomic E-state index is -1.15. The van der Waals surface area contributed by atoms with E-state index in [9.17, 15) is 15.0 Å². The van der Waals surface area contributed by atoms with Crippen LogP contribution in [-0.2, 0) is 4.79 Å². The van der Waals surface area contributed by atoms with Crippen LogP contribution in [0.3, 0.4) is 0 Å². The predicted molar refractivity (Wildman–Crippen MR) is 123 cm³/mol. The van der Waals surface area contributed by atoms with E-state index < -0.39 is 17.6 Å². The second-order valence-corrected chi connectivity index (χ2v) is 7.51. The van der Waals surface area contributed by atoms with Crippen molar-refractivity contribution < 1.29 is 15.0 Å². The molecule has 0 aromatic heterocycles. The smallest absolute Gasteiger partial charge is 0.328 e. The Hall–Kier alpha value is -2.15. The van der Waals surface area contributed by atoms with E-state index in [0.717, 1.165) is 16.7 Å². The molecular weight excluding hydrogens is 423 g/mol. The molecule has 5 nitrogen and oxygen atoms in total. The molecule has 2 unspecified atom stereocenters. The molecule has 0 saturated heterocycles. The number of rotatable bonds is 9. The largest absolute Gasteiger partial charge is 0.480 e. The third-order valence-electron chi connectivity index (χ3n) is 4.99. The molecule has 1 aliphatic rings. The van der Waals surface area contributed by atoms with Gasteiger partial charge in [0.1, 0.15) is 5.54 Å². The SMILES string of the molecule is Cl.O=C(O)C1(NCCNCC(O)c2cccc(Cl)c2)C=CC=C(c2ccccc2)C1. The Labute approximate surface area is 187 Å². The highest BCUT2D eigenvalue weighted by atomic mass is 35.5. The zero-order valence-corrected chi connectivity index (χ0v) is 18.0. The third-order valence-corrected chi connectivity index (χ3v) is 5.22. The number of nitrogens with one attached hydrogen (secondary N) is 2. The van der Waals surface area contributed by atoms with Crippen LogP contribution in [0.25, 0.3) is 5.57 Å². The lowest BCUT2D eigenvalue weighted by molar-refractivity contribution is -0.142. The maximum atomic E-state index is 12.0. The first kappa shape index (κ1) is 24.1. The van der Waals surface area contributed by atoms with Gasteiger partial charge in [0.2, 0.25) is 0 Å². The van der Waals surface area contributed by atoms with E-state index in [2.05, 4.69) is 10.6 Å².